The van der Waals surface area contributed by atoms with E-state index < -0.39 is 6.10 Å². The van der Waals surface area contributed by atoms with E-state index in [4.69, 9.17) is 16.3 Å². The van der Waals surface area contributed by atoms with E-state index in [1.807, 2.05) is 24.9 Å². The van der Waals surface area contributed by atoms with Gasteiger partial charge < -0.3 is 15.0 Å². The Morgan fingerprint density at radius 1 is 1.41 bits per heavy atom. The number of piperidine rings is 1. The van der Waals surface area contributed by atoms with Gasteiger partial charge in [0.15, 0.2) is 6.10 Å². The van der Waals surface area contributed by atoms with Crippen LogP contribution >= 0.6 is 24.0 Å². The van der Waals surface area contributed by atoms with Gasteiger partial charge in [0, 0.05) is 24.2 Å². The summed E-state index contributed by atoms with van der Waals surface area (Å²) in [7, 11) is 1.97. The van der Waals surface area contributed by atoms with Gasteiger partial charge in [-0.2, -0.15) is 0 Å². The van der Waals surface area contributed by atoms with Crippen LogP contribution in [0.2, 0.25) is 5.02 Å². The zero-order valence-electron chi connectivity index (χ0n) is 13.3. The van der Waals surface area contributed by atoms with E-state index in [9.17, 15) is 4.79 Å². The highest BCUT2D eigenvalue weighted by molar-refractivity contribution is 6.31. The summed E-state index contributed by atoms with van der Waals surface area (Å²) >= 11 is 5.99. The summed E-state index contributed by atoms with van der Waals surface area (Å²) in [6, 6.07) is 5.97. The average Bonchev–Trinajstić information content (AvgIpc) is 2.50. The minimum atomic E-state index is -0.475. The summed E-state index contributed by atoms with van der Waals surface area (Å²) in [6.45, 7) is 5.30. The molecule has 0 aliphatic carbocycles. The van der Waals surface area contributed by atoms with Gasteiger partial charge in [0.05, 0.1) is 0 Å². The van der Waals surface area contributed by atoms with E-state index in [1.54, 1.807) is 19.1 Å². The Bertz CT molecular complexity index is 503. The molecule has 2 rings (SSSR count). The number of nitrogens with zero attached hydrogens (tertiary/aromatic N) is 1. The van der Waals surface area contributed by atoms with Gasteiger partial charge in [-0.25, -0.2) is 0 Å². The molecule has 6 heteroatoms. The summed E-state index contributed by atoms with van der Waals surface area (Å²) in [5.74, 6) is 0.736. The molecule has 1 atom stereocenters. The SMILES string of the molecule is CNC1CCN(C(=O)C(C)Oc2ccc(Cl)c(C)c2)CC1.Cl. The van der Waals surface area contributed by atoms with Crippen LogP contribution in [0.3, 0.4) is 0 Å². The summed E-state index contributed by atoms with van der Waals surface area (Å²) in [5, 5.41) is 3.97. The Morgan fingerprint density at radius 3 is 2.59 bits per heavy atom. The smallest absolute Gasteiger partial charge is 0.263 e. The van der Waals surface area contributed by atoms with Crippen LogP contribution in [0.25, 0.3) is 0 Å². The van der Waals surface area contributed by atoms with Crippen molar-refractivity contribution >= 4 is 29.9 Å². The summed E-state index contributed by atoms with van der Waals surface area (Å²) in [6.07, 6.45) is 1.51. The van der Waals surface area contributed by atoms with Crippen molar-refractivity contribution in [2.75, 3.05) is 20.1 Å². The predicted molar refractivity (Wildman–Crippen MR) is 92.2 cm³/mol. The third-order valence-electron chi connectivity index (χ3n) is 4.00. The Kier molecular flexibility index (Phi) is 7.46. The summed E-state index contributed by atoms with van der Waals surface area (Å²) in [5.41, 5.74) is 0.948. The molecular weight excluding hydrogens is 323 g/mol. The van der Waals surface area contributed by atoms with E-state index >= 15 is 0 Å². The maximum absolute atomic E-state index is 12.4. The molecular formula is C16H24Cl2N2O2. The maximum atomic E-state index is 12.4. The minimum absolute atomic E-state index is 0. The van der Waals surface area contributed by atoms with Crippen molar-refractivity contribution in [2.24, 2.45) is 0 Å². The monoisotopic (exact) mass is 346 g/mol. The lowest BCUT2D eigenvalue weighted by atomic mass is 10.0. The number of aryl methyl sites for hydroxylation is 1. The molecule has 1 aromatic carbocycles. The van der Waals surface area contributed by atoms with Crippen LogP contribution in [0.4, 0.5) is 0 Å². The molecule has 1 fully saturated rings. The number of carbonyl (C=O) groups excluding carboxylic acids is 1. The van der Waals surface area contributed by atoms with E-state index in [0.29, 0.717) is 16.8 Å². The molecule has 22 heavy (non-hydrogen) atoms. The van der Waals surface area contributed by atoms with Gasteiger partial charge in [-0.3, -0.25) is 4.79 Å². The Balaban J connectivity index is 0.00000242. The highest BCUT2D eigenvalue weighted by atomic mass is 35.5. The number of benzene rings is 1. The Hall–Kier alpha value is -0.970. The van der Waals surface area contributed by atoms with Crippen molar-refractivity contribution in [2.45, 2.75) is 38.8 Å². The number of hydrogen-bond donors (Lipinski definition) is 1. The second-order valence-electron chi connectivity index (χ2n) is 5.56. The van der Waals surface area contributed by atoms with Crippen LogP contribution in [0.15, 0.2) is 18.2 Å². The van der Waals surface area contributed by atoms with Crippen molar-refractivity contribution in [3.63, 3.8) is 0 Å². The number of halogens is 2. The number of hydrogen-bond acceptors (Lipinski definition) is 3. The second kappa shape index (κ2) is 8.61. The van der Waals surface area contributed by atoms with Gasteiger partial charge in [0.25, 0.3) is 5.91 Å². The molecule has 1 amide bonds. The first-order valence-electron chi connectivity index (χ1n) is 7.40. The highest BCUT2D eigenvalue weighted by Gasteiger charge is 2.26. The molecule has 1 heterocycles. The predicted octanol–water partition coefficient (Wildman–Crippen LogP) is 3.05. The lowest BCUT2D eigenvalue weighted by molar-refractivity contribution is -0.139. The number of rotatable bonds is 4. The molecule has 0 radical (unpaired) electrons. The standard InChI is InChI=1S/C16H23ClN2O2.ClH/c1-11-10-14(4-5-15(11)17)21-12(2)16(20)19-8-6-13(18-3)7-9-19;/h4-5,10,12-13,18H,6-9H2,1-3H3;1H. The number of likely N-dealkylation sites (tertiary alicyclic amines) is 1. The van der Waals surface area contributed by atoms with Crippen LogP contribution in [0.5, 0.6) is 5.75 Å². The molecule has 0 bridgehead atoms. The van der Waals surface area contributed by atoms with Crippen molar-refractivity contribution in [1.29, 1.82) is 0 Å². The molecule has 4 nitrogen and oxygen atoms in total. The third-order valence-corrected chi connectivity index (χ3v) is 4.43. The van der Waals surface area contributed by atoms with Gasteiger partial charge in [0.1, 0.15) is 5.75 Å². The van der Waals surface area contributed by atoms with E-state index in [0.717, 1.165) is 31.5 Å². The van der Waals surface area contributed by atoms with Crippen LogP contribution in [-0.4, -0.2) is 43.1 Å². The van der Waals surface area contributed by atoms with Gasteiger partial charge >= 0.3 is 0 Å². The van der Waals surface area contributed by atoms with Gasteiger partial charge in [0.2, 0.25) is 0 Å². The lowest BCUT2D eigenvalue weighted by Gasteiger charge is -2.33. The van der Waals surface area contributed by atoms with Crippen molar-refractivity contribution in [1.82, 2.24) is 10.2 Å². The normalized spacial score (nSPS) is 16.8. The van der Waals surface area contributed by atoms with Crippen LogP contribution in [-0.2, 0) is 4.79 Å². The van der Waals surface area contributed by atoms with E-state index in [1.165, 1.54) is 0 Å². The van der Waals surface area contributed by atoms with Crippen molar-refractivity contribution in [3.05, 3.63) is 28.8 Å². The first kappa shape index (κ1) is 19.1. The minimum Gasteiger partial charge on any atom is -0.481 e. The number of amides is 1. The quantitative estimate of drug-likeness (QED) is 0.910. The van der Waals surface area contributed by atoms with Gasteiger partial charge in [-0.1, -0.05) is 11.6 Å². The largest absolute Gasteiger partial charge is 0.481 e. The number of nitrogens with one attached hydrogen (secondary N) is 1. The summed E-state index contributed by atoms with van der Waals surface area (Å²) in [4.78, 5) is 14.3. The molecule has 1 aliphatic rings. The molecule has 1 unspecified atom stereocenters. The molecule has 0 saturated carbocycles. The molecule has 1 aliphatic heterocycles. The van der Waals surface area contributed by atoms with Crippen LogP contribution in [0, 0.1) is 6.92 Å². The Morgan fingerprint density at radius 2 is 2.05 bits per heavy atom. The highest BCUT2D eigenvalue weighted by Crippen LogP contribution is 2.22. The molecule has 124 valence electrons. The average molecular weight is 347 g/mol. The van der Waals surface area contributed by atoms with E-state index in [2.05, 4.69) is 5.32 Å². The fourth-order valence-electron chi connectivity index (χ4n) is 2.59. The first-order valence-corrected chi connectivity index (χ1v) is 7.78. The molecule has 0 spiro atoms. The first-order chi connectivity index (χ1) is 10.0. The van der Waals surface area contributed by atoms with Crippen molar-refractivity contribution < 1.29 is 9.53 Å². The summed E-state index contributed by atoms with van der Waals surface area (Å²) < 4.78 is 5.75. The van der Waals surface area contributed by atoms with Gasteiger partial charge in [-0.05, 0) is 57.5 Å². The van der Waals surface area contributed by atoms with Crippen LogP contribution < -0.4 is 10.1 Å². The topological polar surface area (TPSA) is 41.6 Å². The second-order valence-corrected chi connectivity index (χ2v) is 5.97. The molecule has 1 saturated heterocycles. The van der Waals surface area contributed by atoms with Crippen LogP contribution in [0.1, 0.15) is 25.3 Å². The Labute approximate surface area is 143 Å². The zero-order chi connectivity index (χ0) is 15.4. The fourth-order valence-corrected chi connectivity index (χ4v) is 2.71. The van der Waals surface area contributed by atoms with E-state index in [-0.39, 0.29) is 18.3 Å². The third kappa shape index (κ3) is 4.77. The fraction of sp³-hybridized carbons (Fsp3) is 0.562. The van der Waals surface area contributed by atoms with Crippen molar-refractivity contribution in [3.8, 4) is 5.75 Å². The molecule has 1 aromatic rings. The van der Waals surface area contributed by atoms with Gasteiger partial charge in [-0.15, -0.1) is 12.4 Å². The lowest BCUT2D eigenvalue weighted by Crippen LogP contribution is -2.48. The zero-order valence-corrected chi connectivity index (χ0v) is 14.8. The molecule has 0 aromatic heterocycles. The number of carbonyl (C=O) groups is 1. The number of ether oxygens (including phenoxy) is 1. The maximum Gasteiger partial charge on any atom is 0.263 e. The molecule has 1 N–H and O–H groups in total.